The fourth-order valence-corrected chi connectivity index (χ4v) is 5.93. The molecule has 0 radical (unpaired) electrons. The molecule has 2 atom stereocenters. The molecule has 2 fully saturated rings. The van der Waals surface area contributed by atoms with Gasteiger partial charge in [0.2, 0.25) is 0 Å². The van der Waals surface area contributed by atoms with E-state index >= 15 is 0 Å². The molecule has 1 aliphatic carbocycles. The van der Waals surface area contributed by atoms with E-state index in [9.17, 15) is 18.0 Å². The molecule has 0 bridgehead atoms. The van der Waals surface area contributed by atoms with E-state index in [0.29, 0.717) is 17.9 Å². The third kappa shape index (κ3) is 4.93. The van der Waals surface area contributed by atoms with Crippen LogP contribution >= 0.6 is 0 Å². The van der Waals surface area contributed by atoms with Crippen LogP contribution in [0.15, 0.2) is 24.3 Å². The first-order valence-electron chi connectivity index (χ1n) is 10.0. The van der Waals surface area contributed by atoms with Crippen LogP contribution in [0.3, 0.4) is 0 Å². The van der Waals surface area contributed by atoms with Gasteiger partial charge in [-0.25, -0.2) is 13.2 Å². The monoisotopic (exact) mass is 407 g/mol. The Bertz CT molecular complexity index is 812. The summed E-state index contributed by atoms with van der Waals surface area (Å²) in [5, 5.41) is 0. The summed E-state index contributed by atoms with van der Waals surface area (Å²) in [5.74, 6) is -0.288. The molecule has 1 saturated heterocycles. The standard InChI is InChI=1S/C21H29NO5S/c1-15(20(23)22(2)19-12-13-28(25,26)14-19)27-21(24)18-10-8-17(9-11-18)16-6-4-3-5-7-16/h8-11,15-16,19H,3-7,12-14H2,1-2H3/t15-,19-/m0/s1. The number of nitrogens with zero attached hydrogens (tertiary/aromatic N) is 1. The molecule has 0 spiro atoms. The fourth-order valence-electron chi connectivity index (χ4n) is 4.15. The van der Waals surface area contributed by atoms with Gasteiger partial charge in [0.1, 0.15) is 0 Å². The number of rotatable bonds is 5. The van der Waals surface area contributed by atoms with Crippen LogP contribution in [0.1, 0.15) is 67.3 Å². The topological polar surface area (TPSA) is 80.8 Å². The number of hydrogen-bond donors (Lipinski definition) is 0. The summed E-state index contributed by atoms with van der Waals surface area (Å²) in [6.07, 6.45) is 5.66. The summed E-state index contributed by atoms with van der Waals surface area (Å²) in [6, 6.07) is 7.13. The minimum absolute atomic E-state index is 0.0292. The van der Waals surface area contributed by atoms with E-state index in [1.54, 1.807) is 19.2 Å². The average molecular weight is 408 g/mol. The third-order valence-electron chi connectivity index (χ3n) is 5.96. The average Bonchev–Trinajstić information content (AvgIpc) is 3.07. The number of likely N-dealkylation sites (N-methyl/N-ethyl adjacent to an activating group) is 1. The van der Waals surface area contributed by atoms with Gasteiger partial charge >= 0.3 is 5.97 Å². The molecule has 1 heterocycles. The zero-order chi connectivity index (χ0) is 20.3. The van der Waals surface area contributed by atoms with Gasteiger partial charge in [0.15, 0.2) is 15.9 Å². The maximum Gasteiger partial charge on any atom is 0.338 e. The quantitative estimate of drug-likeness (QED) is 0.701. The highest BCUT2D eigenvalue weighted by Gasteiger charge is 2.35. The van der Waals surface area contributed by atoms with Crippen LogP contribution < -0.4 is 0 Å². The molecule has 1 aliphatic heterocycles. The highest BCUT2D eigenvalue weighted by molar-refractivity contribution is 7.91. The van der Waals surface area contributed by atoms with Crippen molar-refractivity contribution in [2.45, 2.75) is 63.5 Å². The molecule has 0 aromatic heterocycles. The molecule has 1 aromatic rings. The lowest BCUT2D eigenvalue weighted by atomic mass is 9.84. The zero-order valence-corrected chi connectivity index (χ0v) is 17.4. The Morgan fingerprint density at radius 1 is 1.07 bits per heavy atom. The summed E-state index contributed by atoms with van der Waals surface area (Å²) in [6.45, 7) is 1.52. The molecule has 154 valence electrons. The van der Waals surface area contributed by atoms with E-state index in [1.807, 2.05) is 12.1 Å². The first kappa shape index (κ1) is 20.8. The van der Waals surface area contributed by atoms with Gasteiger partial charge in [0.25, 0.3) is 5.91 Å². The lowest BCUT2D eigenvalue weighted by Gasteiger charge is -2.26. The molecule has 1 aromatic carbocycles. The molecule has 3 rings (SSSR count). The van der Waals surface area contributed by atoms with Crippen LogP contribution in [0.4, 0.5) is 0 Å². The SMILES string of the molecule is C[C@H](OC(=O)c1ccc(C2CCCCC2)cc1)C(=O)N(C)[C@H]1CCS(=O)(=O)C1. The number of ether oxygens (including phenoxy) is 1. The summed E-state index contributed by atoms with van der Waals surface area (Å²) >= 11 is 0. The van der Waals surface area contributed by atoms with E-state index in [-0.39, 0.29) is 23.5 Å². The predicted molar refractivity (Wildman–Crippen MR) is 107 cm³/mol. The van der Waals surface area contributed by atoms with E-state index in [2.05, 4.69) is 0 Å². The molecule has 0 N–H and O–H groups in total. The normalized spacial score (nSPS) is 23.1. The summed E-state index contributed by atoms with van der Waals surface area (Å²) in [5.41, 5.74) is 1.67. The summed E-state index contributed by atoms with van der Waals surface area (Å²) in [4.78, 5) is 26.3. The van der Waals surface area contributed by atoms with Crippen LogP contribution in [0.5, 0.6) is 0 Å². The second-order valence-electron chi connectivity index (χ2n) is 8.01. The Morgan fingerprint density at radius 2 is 1.71 bits per heavy atom. The molecular weight excluding hydrogens is 378 g/mol. The van der Waals surface area contributed by atoms with Crippen LogP contribution in [0.2, 0.25) is 0 Å². The number of hydrogen-bond acceptors (Lipinski definition) is 5. The van der Waals surface area contributed by atoms with Crippen LogP contribution in [0, 0.1) is 0 Å². The third-order valence-corrected chi connectivity index (χ3v) is 7.71. The van der Waals surface area contributed by atoms with E-state index in [0.717, 1.165) is 0 Å². The predicted octanol–water partition coefficient (Wildman–Crippen LogP) is 2.93. The van der Waals surface area contributed by atoms with Crippen molar-refractivity contribution < 1.29 is 22.7 Å². The van der Waals surface area contributed by atoms with Crippen molar-refractivity contribution in [2.24, 2.45) is 0 Å². The van der Waals surface area contributed by atoms with Crippen molar-refractivity contribution in [3.8, 4) is 0 Å². The zero-order valence-electron chi connectivity index (χ0n) is 16.6. The first-order valence-corrected chi connectivity index (χ1v) is 11.9. The van der Waals surface area contributed by atoms with Crippen molar-refractivity contribution in [2.75, 3.05) is 18.6 Å². The smallest absolute Gasteiger partial charge is 0.338 e. The Hall–Kier alpha value is -1.89. The molecule has 28 heavy (non-hydrogen) atoms. The fraction of sp³-hybridized carbons (Fsp3) is 0.619. The highest BCUT2D eigenvalue weighted by atomic mass is 32.2. The van der Waals surface area contributed by atoms with Crippen LogP contribution in [0.25, 0.3) is 0 Å². The van der Waals surface area contributed by atoms with Crippen molar-refractivity contribution in [3.63, 3.8) is 0 Å². The van der Waals surface area contributed by atoms with Gasteiger partial charge in [-0.1, -0.05) is 31.4 Å². The van der Waals surface area contributed by atoms with E-state index in [4.69, 9.17) is 4.74 Å². The second kappa shape index (κ2) is 8.64. The molecular formula is C21H29NO5S. The van der Waals surface area contributed by atoms with Gasteiger partial charge in [-0.2, -0.15) is 0 Å². The van der Waals surface area contributed by atoms with Crippen molar-refractivity contribution in [1.29, 1.82) is 0 Å². The number of carbonyl (C=O) groups is 2. The van der Waals surface area contributed by atoms with Gasteiger partial charge in [-0.05, 0) is 49.8 Å². The minimum Gasteiger partial charge on any atom is -0.449 e. The van der Waals surface area contributed by atoms with Gasteiger partial charge in [0.05, 0.1) is 17.1 Å². The molecule has 1 saturated carbocycles. The molecule has 1 amide bonds. The van der Waals surface area contributed by atoms with E-state index in [1.165, 1.54) is 49.5 Å². The summed E-state index contributed by atoms with van der Waals surface area (Å²) in [7, 11) is -1.51. The lowest BCUT2D eigenvalue weighted by molar-refractivity contribution is -0.140. The summed E-state index contributed by atoms with van der Waals surface area (Å²) < 4.78 is 28.6. The van der Waals surface area contributed by atoms with Gasteiger partial charge in [-0.15, -0.1) is 0 Å². The molecule has 0 unspecified atom stereocenters. The second-order valence-corrected chi connectivity index (χ2v) is 10.2. The Balaban J connectivity index is 1.56. The number of esters is 1. The maximum absolute atomic E-state index is 12.5. The number of carbonyl (C=O) groups excluding carboxylic acids is 2. The van der Waals surface area contributed by atoms with E-state index < -0.39 is 21.9 Å². The van der Waals surface area contributed by atoms with Gasteiger partial charge < -0.3 is 9.64 Å². The number of amides is 1. The lowest BCUT2D eigenvalue weighted by Crippen LogP contribution is -2.44. The van der Waals surface area contributed by atoms with Crippen molar-refractivity contribution in [1.82, 2.24) is 4.90 Å². The number of sulfone groups is 1. The molecule has 2 aliphatic rings. The van der Waals surface area contributed by atoms with Gasteiger partial charge in [-0.3, -0.25) is 4.79 Å². The Labute approximate surface area is 167 Å². The van der Waals surface area contributed by atoms with Crippen molar-refractivity contribution >= 4 is 21.7 Å². The number of benzene rings is 1. The van der Waals surface area contributed by atoms with Crippen LogP contribution in [-0.4, -0.2) is 55.9 Å². The largest absolute Gasteiger partial charge is 0.449 e. The Kier molecular flexibility index (Phi) is 6.43. The van der Waals surface area contributed by atoms with Gasteiger partial charge in [0, 0.05) is 13.1 Å². The Morgan fingerprint density at radius 3 is 2.29 bits per heavy atom. The minimum atomic E-state index is -3.08. The van der Waals surface area contributed by atoms with Crippen LogP contribution in [-0.2, 0) is 19.4 Å². The maximum atomic E-state index is 12.5. The highest BCUT2D eigenvalue weighted by Crippen LogP contribution is 2.32. The van der Waals surface area contributed by atoms with Crippen molar-refractivity contribution in [3.05, 3.63) is 35.4 Å². The first-order chi connectivity index (χ1) is 13.3. The molecule has 7 heteroatoms. The molecule has 6 nitrogen and oxygen atoms in total.